The van der Waals surface area contributed by atoms with E-state index in [0.29, 0.717) is 17.5 Å². The summed E-state index contributed by atoms with van der Waals surface area (Å²) < 4.78 is 24.1. The second-order valence-corrected chi connectivity index (χ2v) is 7.08. The van der Waals surface area contributed by atoms with Crippen molar-refractivity contribution in [1.82, 2.24) is 5.32 Å². The van der Waals surface area contributed by atoms with Crippen LogP contribution >= 0.6 is 11.6 Å². The van der Waals surface area contributed by atoms with Crippen molar-refractivity contribution in [2.24, 2.45) is 5.92 Å². The Morgan fingerprint density at radius 3 is 2.68 bits per heavy atom. The van der Waals surface area contributed by atoms with Crippen molar-refractivity contribution >= 4 is 33.0 Å². The van der Waals surface area contributed by atoms with E-state index < -0.39 is 21.5 Å². The molecule has 1 fully saturated rings. The zero-order valence-corrected chi connectivity index (χ0v) is 11.8. The van der Waals surface area contributed by atoms with Crippen LogP contribution in [0.5, 0.6) is 0 Å². The topological polar surface area (TPSA) is 89.3 Å². The first-order valence-corrected chi connectivity index (χ1v) is 7.96. The predicted octanol–water partition coefficient (Wildman–Crippen LogP) is 1.22. The lowest BCUT2D eigenvalue weighted by molar-refractivity contribution is -0.118. The first kappa shape index (κ1) is 14.1. The third-order valence-electron chi connectivity index (χ3n) is 2.91. The van der Waals surface area contributed by atoms with E-state index in [1.165, 1.54) is 18.2 Å². The summed E-state index contributed by atoms with van der Waals surface area (Å²) in [7, 11) is -3.73. The fourth-order valence-corrected chi connectivity index (χ4v) is 3.16. The molecule has 3 N–H and O–H groups in total. The molecule has 1 saturated carbocycles. The number of nitrogen functional groups attached to an aromatic ring is 1. The van der Waals surface area contributed by atoms with E-state index in [9.17, 15) is 13.2 Å². The zero-order chi connectivity index (χ0) is 14.0. The Morgan fingerprint density at radius 2 is 2.11 bits per heavy atom. The molecule has 0 bridgehead atoms. The molecule has 0 aromatic heterocycles. The number of carbonyl (C=O) groups excluding carboxylic acids is 1. The highest BCUT2D eigenvalue weighted by molar-refractivity contribution is 7.92. The molecule has 5 nitrogen and oxygen atoms in total. The Hall–Kier alpha value is -1.27. The van der Waals surface area contributed by atoms with Crippen molar-refractivity contribution in [3.63, 3.8) is 0 Å². The highest BCUT2D eigenvalue weighted by Gasteiger charge is 2.25. The van der Waals surface area contributed by atoms with E-state index in [1.54, 1.807) is 0 Å². The van der Waals surface area contributed by atoms with Gasteiger partial charge in [0, 0.05) is 11.6 Å². The van der Waals surface area contributed by atoms with Gasteiger partial charge in [-0.1, -0.05) is 11.6 Å². The summed E-state index contributed by atoms with van der Waals surface area (Å²) in [6.45, 7) is 0.546. The first-order valence-electron chi connectivity index (χ1n) is 5.93. The Balaban J connectivity index is 2.05. The molecule has 0 unspecified atom stereocenters. The highest BCUT2D eigenvalue weighted by Crippen LogP contribution is 2.27. The molecule has 1 aromatic rings. The number of nitrogens with one attached hydrogen (secondary N) is 1. The third kappa shape index (κ3) is 3.84. The molecule has 2 rings (SSSR count). The minimum atomic E-state index is -3.73. The van der Waals surface area contributed by atoms with Gasteiger partial charge in [0.15, 0.2) is 9.84 Å². The van der Waals surface area contributed by atoms with Gasteiger partial charge < -0.3 is 11.1 Å². The third-order valence-corrected chi connectivity index (χ3v) is 4.83. The van der Waals surface area contributed by atoms with E-state index in [1.807, 2.05) is 0 Å². The number of carbonyl (C=O) groups is 1. The number of rotatable bonds is 5. The summed E-state index contributed by atoms with van der Waals surface area (Å²) in [6.07, 6.45) is 2.19. The van der Waals surface area contributed by atoms with E-state index in [-0.39, 0.29) is 10.6 Å². The maximum Gasteiger partial charge on any atom is 0.235 e. The molecule has 0 aliphatic heterocycles. The minimum absolute atomic E-state index is 0.0570. The molecule has 1 aromatic carbocycles. The fourth-order valence-electron chi connectivity index (χ4n) is 1.68. The molecule has 1 aliphatic rings. The van der Waals surface area contributed by atoms with E-state index in [0.717, 1.165) is 12.8 Å². The molecule has 0 radical (unpaired) electrons. The normalized spacial score (nSPS) is 15.2. The molecule has 1 amide bonds. The highest BCUT2D eigenvalue weighted by atomic mass is 35.5. The van der Waals surface area contributed by atoms with Crippen molar-refractivity contribution in [3.8, 4) is 0 Å². The lowest BCUT2D eigenvalue weighted by Gasteiger charge is -2.08. The number of halogens is 1. The Morgan fingerprint density at radius 1 is 1.42 bits per heavy atom. The molecular weight excluding hydrogens is 288 g/mol. The van der Waals surface area contributed by atoms with Crippen LogP contribution in [-0.2, 0) is 14.6 Å². The van der Waals surface area contributed by atoms with Gasteiger partial charge in [-0.3, -0.25) is 4.79 Å². The molecule has 0 atom stereocenters. The lowest BCUT2D eigenvalue weighted by Crippen LogP contribution is -2.32. The molecule has 104 valence electrons. The van der Waals surface area contributed by atoms with Crippen LogP contribution in [0.1, 0.15) is 12.8 Å². The maximum absolute atomic E-state index is 12.1. The zero-order valence-electron chi connectivity index (χ0n) is 10.2. The van der Waals surface area contributed by atoms with E-state index in [4.69, 9.17) is 17.3 Å². The van der Waals surface area contributed by atoms with Crippen LogP contribution in [0.15, 0.2) is 23.1 Å². The number of anilines is 1. The van der Waals surface area contributed by atoms with E-state index >= 15 is 0 Å². The molecule has 0 saturated heterocycles. The van der Waals surface area contributed by atoms with Crippen molar-refractivity contribution in [3.05, 3.63) is 23.2 Å². The van der Waals surface area contributed by atoms with Crippen LogP contribution in [-0.4, -0.2) is 26.6 Å². The monoisotopic (exact) mass is 302 g/mol. The number of benzene rings is 1. The number of sulfone groups is 1. The van der Waals surface area contributed by atoms with Crippen molar-refractivity contribution < 1.29 is 13.2 Å². The van der Waals surface area contributed by atoms with E-state index in [2.05, 4.69) is 5.32 Å². The summed E-state index contributed by atoms with van der Waals surface area (Å²) in [5, 5.41) is 2.97. The Kier molecular flexibility index (Phi) is 4.01. The standard InChI is InChI=1S/C12H15ClN2O3S/c13-9-3-4-11(10(14)5-9)19(17,18)7-12(16)15-6-8-1-2-8/h3-5,8H,1-2,6-7,14H2,(H,15,16). The maximum atomic E-state index is 12.1. The predicted molar refractivity (Wildman–Crippen MR) is 73.7 cm³/mol. The summed E-state index contributed by atoms with van der Waals surface area (Å²) in [5.74, 6) is -0.584. The molecule has 0 spiro atoms. The van der Waals surface area contributed by atoms with Crippen molar-refractivity contribution in [1.29, 1.82) is 0 Å². The van der Waals surface area contributed by atoms with Crippen LogP contribution in [0, 0.1) is 5.92 Å². The van der Waals surface area contributed by atoms with Gasteiger partial charge in [-0.2, -0.15) is 0 Å². The molecule has 19 heavy (non-hydrogen) atoms. The average molecular weight is 303 g/mol. The van der Waals surface area contributed by atoms with Crippen LogP contribution in [0.4, 0.5) is 5.69 Å². The van der Waals surface area contributed by atoms with Gasteiger partial charge in [0.1, 0.15) is 5.75 Å². The SMILES string of the molecule is Nc1cc(Cl)ccc1S(=O)(=O)CC(=O)NCC1CC1. The fraction of sp³-hybridized carbons (Fsp3) is 0.417. The molecular formula is C12H15ClN2O3S. The average Bonchev–Trinajstić information content (AvgIpc) is 3.08. The second-order valence-electron chi connectivity index (χ2n) is 4.69. The number of hydrogen-bond acceptors (Lipinski definition) is 4. The molecule has 1 aliphatic carbocycles. The summed E-state index contributed by atoms with van der Waals surface area (Å²) >= 11 is 5.71. The van der Waals surface area contributed by atoms with Gasteiger partial charge in [-0.05, 0) is 37.0 Å². The number of nitrogens with two attached hydrogens (primary N) is 1. The summed E-state index contributed by atoms with van der Waals surface area (Å²) in [6, 6.07) is 4.12. The van der Waals surface area contributed by atoms with Gasteiger partial charge in [-0.25, -0.2) is 8.42 Å². The minimum Gasteiger partial charge on any atom is -0.398 e. The Bertz CT molecular complexity index is 597. The molecule has 0 heterocycles. The smallest absolute Gasteiger partial charge is 0.235 e. The van der Waals surface area contributed by atoms with Gasteiger partial charge in [0.05, 0.1) is 10.6 Å². The summed E-state index contributed by atoms with van der Waals surface area (Å²) in [5.41, 5.74) is 5.68. The Labute approximate surface area is 117 Å². The van der Waals surface area contributed by atoms with Crippen LogP contribution in [0.2, 0.25) is 5.02 Å². The van der Waals surface area contributed by atoms with Crippen molar-refractivity contribution in [2.45, 2.75) is 17.7 Å². The van der Waals surface area contributed by atoms with Crippen LogP contribution in [0.3, 0.4) is 0 Å². The molecule has 7 heteroatoms. The van der Waals surface area contributed by atoms with Gasteiger partial charge in [0.25, 0.3) is 0 Å². The first-order chi connectivity index (χ1) is 8.88. The quantitative estimate of drug-likeness (QED) is 0.800. The number of amides is 1. The van der Waals surface area contributed by atoms with Gasteiger partial charge in [0.2, 0.25) is 5.91 Å². The van der Waals surface area contributed by atoms with Crippen LogP contribution < -0.4 is 11.1 Å². The van der Waals surface area contributed by atoms with Crippen LogP contribution in [0.25, 0.3) is 0 Å². The van der Waals surface area contributed by atoms with Gasteiger partial charge in [-0.15, -0.1) is 0 Å². The lowest BCUT2D eigenvalue weighted by atomic mass is 10.3. The number of hydrogen-bond donors (Lipinski definition) is 2. The largest absolute Gasteiger partial charge is 0.398 e. The summed E-state index contributed by atoms with van der Waals surface area (Å²) in [4.78, 5) is 11.5. The van der Waals surface area contributed by atoms with Crippen molar-refractivity contribution in [2.75, 3.05) is 18.0 Å². The second kappa shape index (κ2) is 5.38. The van der Waals surface area contributed by atoms with Gasteiger partial charge >= 0.3 is 0 Å².